The van der Waals surface area contributed by atoms with Gasteiger partial charge in [0.05, 0.1) is 19.8 Å². The fourth-order valence-corrected chi connectivity index (χ4v) is 3.98. The van der Waals surface area contributed by atoms with Crippen LogP contribution in [0.25, 0.3) is 0 Å². The number of hydrogen-bond donors (Lipinski definition) is 1. The van der Waals surface area contributed by atoms with Gasteiger partial charge in [0.1, 0.15) is 11.5 Å². The monoisotopic (exact) mass is 261 g/mol. The molecule has 3 unspecified atom stereocenters. The van der Waals surface area contributed by atoms with Gasteiger partial charge >= 0.3 is 0 Å². The van der Waals surface area contributed by atoms with Crippen LogP contribution in [0.2, 0.25) is 0 Å². The van der Waals surface area contributed by atoms with Crippen molar-refractivity contribution in [1.29, 1.82) is 0 Å². The van der Waals surface area contributed by atoms with Crippen LogP contribution in [-0.2, 0) is 0 Å². The number of benzene rings is 1. The summed E-state index contributed by atoms with van der Waals surface area (Å²) in [6.07, 6.45) is 5.43. The summed E-state index contributed by atoms with van der Waals surface area (Å²) in [5.41, 5.74) is 7.60. The summed E-state index contributed by atoms with van der Waals surface area (Å²) < 4.78 is 11.0. The highest BCUT2D eigenvalue weighted by atomic mass is 16.5. The number of fused-ring (bicyclic) bond motifs is 1. The molecule has 2 aliphatic carbocycles. The Morgan fingerprint density at radius 1 is 1.05 bits per heavy atom. The number of hydrogen-bond acceptors (Lipinski definition) is 3. The van der Waals surface area contributed by atoms with Gasteiger partial charge in [-0.25, -0.2) is 0 Å². The molecule has 0 spiro atoms. The summed E-state index contributed by atoms with van der Waals surface area (Å²) in [5.74, 6) is 4.00. The van der Waals surface area contributed by atoms with E-state index < -0.39 is 0 Å². The first kappa shape index (κ1) is 12.8. The van der Waals surface area contributed by atoms with Crippen molar-refractivity contribution >= 4 is 0 Å². The SMILES string of the molecule is COc1cccc(OC)c1C(N)C1C2CCCCC21. The normalized spacial score (nSPS) is 30.4. The molecule has 2 fully saturated rings. The predicted octanol–water partition coefficient (Wildman–Crippen LogP) is 3.14. The fraction of sp³-hybridized carbons (Fsp3) is 0.625. The lowest BCUT2D eigenvalue weighted by Crippen LogP contribution is -2.16. The molecule has 3 nitrogen and oxygen atoms in total. The molecule has 3 heteroatoms. The molecule has 19 heavy (non-hydrogen) atoms. The maximum absolute atomic E-state index is 6.55. The van der Waals surface area contributed by atoms with E-state index >= 15 is 0 Å². The van der Waals surface area contributed by atoms with Crippen molar-refractivity contribution < 1.29 is 9.47 Å². The molecule has 3 atom stereocenters. The standard InChI is InChI=1S/C16H23NO2/c1-18-12-8-5-9-13(19-2)15(12)16(17)14-10-6-3-4-7-11(10)14/h5,8-11,14,16H,3-4,6-7,17H2,1-2H3. The number of methoxy groups -OCH3 is 2. The second-order valence-corrected chi connectivity index (χ2v) is 5.79. The zero-order chi connectivity index (χ0) is 13.4. The first-order valence-electron chi connectivity index (χ1n) is 7.24. The highest BCUT2D eigenvalue weighted by molar-refractivity contribution is 5.47. The van der Waals surface area contributed by atoms with Crippen LogP contribution < -0.4 is 15.2 Å². The van der Waals surface area contributed by atoms with Gasteiger partial charge in [0.25, 0.3) is 0 Å². The molecule has 0 radical (unpaired) electrons. The van der Waals surface area contributed by atoms with Crippen molar-refractivity contribution in [3.8, 4) is 11.5 Å². The second-order valence-electron chi connectivity index (χ2n) is 5.79. The quantitative estimate of drug-likeness (QED) is 0.905. The number of nitrogens with two attached hydrogens (primary N) is 1. The fourth-order valence-electron chi connectivity index (χ4n) is 3.98. The Morgan fingerprint density at radius 2 is 1.58 bits per heavy atom. The van der Waals surface area contributed by atoms with Crippen molar-refractivity contribution in [2.75, 3.05) is 14.2 Å². The Balaban J connectivity index is 1.89. The average molecular weight is 261 g/mol. The molecule has 0 amide bonds. The first-order chi connectivity index (χ1) is 9.27. The van der Waals surface area contributed by atoms with Crippen LogP contribution in [0.1, 0.15) is 37.3 Å². The summed E-state index contributed by atoms with van der Waals surface area (Å²) in [7, 11) is 3.40. The molecule has 1 aromatic carbocycles. The summed E-state index contributed by atoms with van der Waals surface area (Å²) in [6, 6.07) is 5.95. The summed E-state index contributed by atoms with van der Waals surface area (Å²) in [5, 5.41) is 0. The molecule has 0 saturated heterocycles. The highest BCUT2D eigenvalue weighted by Crippen LogP contribution is 2.61. The van der Waals surface area contributed by atoms with Crippen molar-refractivity contribution in [2.45, 2.75) is 31.7 Å². The first-order valence-corrected chi connectivity index (χ1v) is 7.24. The van der Waals surface area contributed by atoms with E-state index in [0.29, 0.717) is 5.92 Å². The van der Waals surface area contributed by atoms with Crippen molar-refractivity contribution in [3.63, 3.8) is 0 Å². The molecular formula is C16H23NO2. The van der Waals surface area contributed by atoms with E-state index in [2.05, 4.69) is 0 Å². The minimum Gasteiger partial charge on any atom is -0.496 e. The van der Waals surface area contributed by atoms with Gasteiger partial charge < -0.3 is 15.2 Å². The van der Waals surface area contributed by atoms with Gasteiger partial charge in [-0.15, -0.1) is 0 Å². The zero-order valence-electron chi connectivity index (χ0n) is 11.8. The molecule has 0 bridgehead atoms. The molecule has 2 aliphatic rings. The topological polar surface area (TPSA) is 44.5 Å². The van der Waals surface area contributed by atoms with E-state index in [0.717, 1.165) is 28.9 Å². The van der Waals surface area contributed by atoms with Gasteiger partial charge in [-0.1, -0.05) is 18.9 Å². The molecule has 1 aromatic rings. The van der Waals surface area contributed by atoms with Crippen LogP contribution in [0, 0.1) is 17.8 Å². The van der Waals surface area contributed by atoms with Gasteiger partial charge in [-0.3, -0.25) is 0 Å². The van der Waals surface area contributed by atoms with Gasteiger partial charge in [0, 0.05) is 6.04 Å². The highest BCUT2D eigenvalue weighted by Gasteiger charge is 2.54. The van der Waals surface area contributed by atoms with Crippen LogP contribution in [-0.4, -0.2) is 14.2 Å². The Morgan fingerprint density at radius 3 is 2.05 bits per heavy atom. The van der Waals surface area contributed by atoms with Crippen LogP contribution in [0.5, 0.6) is 11.5 Å². The second kappa shape index (κ2) is 5.04. The van der Waals surface area contributed by atoms with Gasteiger partial charge in [0.15, 0.2) is 0 Å². The molecule has 104 valence electrons. The lowest BCUT2D eigenvalue weighted by molar-refractivity contribution is 0.372. The van der Waals surface area contributed by atoms with E-state index in [1.54, 1.807) is 14.2 Å². The van der Waals surface area contributed by atoms with Gasteiger partial charge in [-0.05, 0) is 42.7 Å². The molecule has 2 saturated carbocycles. The van der Waals surface area contributed by atoms with E-state index in [1.807, 2.05) is 18.2 Å². The summed E-state index contributed by atoms with van der Waals surface area (Å²) >= 11 is 0. The van der Waals surface area contributed by atoms with E-state index in [9.17, 15) is 0 Å². The van der Waals surface area contributed by atoms with Crippen molar-refractivity contribution in [2.24, 2.45) is 23.5 Å². The Labute approximate surface area is 115 Å². The Kier molecular flexibility index (Phi) is 3.40. The van der Waals surface area contributed by atoms with Crippen LogP contribution in [0.4, 0.5) is 0 Å². The van der Waals surface area contributed by atoms with Crippen LogP contribution in [0.15, 0.2) is 18.2 Å². The maximum Gasteiger partial charge on any atom is 0.127 e. The molecule has 2 N–H and O–H groups in total. The van der Waals surface area contributed by atoms with Crippen LogP contribution >= 0.6 is 0 Å². The molecule has 0 aromatic heterocycles. The largest absolute Gasteiger partial charge is 0.496 e. The van der Waals surface area contributed by atoms with Gasteiger partial charge in [-0.2, -0.15) is 0 Å². The molecular weight excluding hydrogens is 238 g/mol. The molecule has 0 aliphatic heterocycles. The smallest absolute Gasteiger partial charge is 0.127 e. The summed E-state index contributed by atoms with van der Waals surface area (Å²) in [4.78, 5) is 0. The third-order valence-corrected chi connectivity index (χ3v) is 4.94. The third kappa shape index (κ3) is 2.10. The lowest BCUT2D eigenvalue weighted by Gasteiger charge is -2.19. The minimum absolute atomic E-state index is 0.0409. The van der Waals surface area contributed by atoms with Crippen LogP contribution in [0.3, 0.4) is 0 Å². The van der Waals surface area contributed by atoms with Gasteiger partial charge in [0.2, 0.25) is 0 Å². The van der Waals surface area contributed by atoms with E-state index in [-0.39, 0.29) is 6.04 Å². The number of rotatable bonds is 4. The van der Waals surface area contributed by atoms with Crippen molar-refractivity contribution in [3.05, 3.63) is 23.8 Å². The van der Waals surface area contributed by atoms with Crippen molar-refractivity contribution in [1.82, 2.24) is 0 Å². The Bertz CT molecular complexity index is 426. The van der Waals surface area contributed by atoms with E-state index in [1.165, 1.54) is 25.7 Å². The van der Waals surface area contributed by atoms with E-state index in [4.69, 9.17) is 15.2 Å². The third-order valence-electron chi connectivity index (χ3n) is 4.94. The maximum atomic E-state index is 6.55. The Hall–Kier alpha value is -1.22. The number of ether oxygens (including phenoxy) is 2. The molecule has 3 rings (SSSR count). The minimum atomic E-state index is 0.0409. The predicted molar refractivity (Wildman–Crippen MR) is 75.4 cm³/mol. The average Bonchev–Trinajstić information content (AvgIpc) is 3.19. The molecule has 0 heterocycles. The summed E-state index contributed by atoms with van der Waals surface area (Å²) in [6.45, 7) is 0. The lowest BCUT2D eigenvalue weighted by atomic mass is 9.98. The zero-order valence-corrected chi connectivity index (χ0v) is 11.8.